The zero-order chi connectivity index (χ0) is 13.8. The molecule has 2 aromatic rings. The first kappa shape index (κ1) is 13.8. The molecule has 0 aliphatic heterocycles. The van der Waals surface area contributed by atoms with Crippen LogP contribution in [-0.2, 0) is 6.42 Å². The van der Waals surface area contributed by atoms with Crippen LogP contribution in [0, 0.1) is 0 Å². The molecule has 102 valence electrons. The highest BCUT2D eigenvalue weighted by Crippen LogP contribution is 2.29. The molecule has 1 aromatic carbocycles. The fourth-order valence-electron chi connectivity index (χ4n) is 1.80. The number of benzene rings is 1. The predicted molar refractivity (Wildman–Crippen MR) is 75.3 cm³/mol. The zero-order valence-corrected chi connectivity index (χ0v) is 11.8. The molecule has 0 radical (unpaired) electrons. The van der Waals surface area contributed by atoms with Crippen LogP contribution in [0.15, 0.2) is 28.7 Å². The summed E-state index contributed by atoms with van der Waals surface area (Å²) in [5.74, 6) is 0.552. The van der Waals surface area contributed by atoms with Gasteiger partial charge in [-0.05, 0) is 18.6 Å². The Hall–Kier alpha value is -1.59. The molecule has 0 fully saturated rings. The Labute approximate surface area is 117 Å². The van der Waals surface area contributed by atoms with Crippen molar-refractivity contribution in [1.29, 1.82) is 0 Å². The van der Waals surface area contributed by atoms with E-state index in [1.54, 1.807) is 0 Å². The number of nitrogens with zero attached hydrogens (tertiary/aromatic N) is 3. The quantitative estimate of drug-likeness (QED) is 0.911. The normalized spacial score (nSPS) is 12.4. The Morgan fingerprint density at radius 2 is 2.11 bits per heavy atom. The van der Waals surface area contributed by atoms with Gasteiger partial charge in [-0.15, -0.1) is 5.10 Å². The average Bonchev–Trinajstić information content (AvgIpc) is 2.87. The van der Waals surface area contributed by atoms with Crippen molar-refractivity contribution in [2.75, 3.05) is 18.5 Å². The van der Waals surface area contributed by atoms with Crippen LogP contribution in [0.3, 0.4) is 0 Å². The van der Waals surface area contributed by atoms with E-state index in [-0.39, 0.29) is 6.04 Å². The Morgan fingerprint density at radius 3 is 2.79 bits per heavy atom. The molecule has 0 spiro atoms. The lowest BCUT2D eigenvalue weighted by Gasteiger charge is -2.23. The van der Waals surface area contributed by atoms with E-state index in [4.69, 9.17) is 21.8 Å². The van der Waals surface area contributed by atoms with E-state index in [0.29, 0.717) is 24.9 Å². The van der Waals surface area contributed by atoms with Crippen LogP contribution in [0.1, 0.15) is 24.4 Å². The van der Waals surface area contributed by atoms with Gasteiger partial charge in [0.2, 0.25) is 5.89 Å². The van der Waals surface area contributed by atoms with Crippen molar-refractivity contribution in [3.63, 3.8) is 0 Å². The minimum atomic E-state index is 0.0416. The zero-order valence-electron chi connectivity index (χ0n) is 11.0. The standard InChI is InChI=1S/C13H17ClN4O/c1-9(10-5-3-4-6-11(10)14)18(2)13-17-16-12(19-13)7-8-15/h3-6,9H,7-8,15H2,1-2H3. The molecule has 1 atom stereocenters. The van der Waals surface area contributed by atoms with Gasteiger partial charge >= 0.3 is 6.01 Å². The van der Waals surface area contributed by atoms with E-state index in [9.17, 15) is 0 Å². The number of hydrogen-bond acceptors (Lipinski definition) is 5. The van der Waals surface area contributed by atoms with Gasteiger partial charge in [0.05, 0.1) is 6.04 Å². The summed E-state index contributed by atoms with van der Waals surface area (Å²) in [6.07, 6.45) is 0.585. The molecule has 19 heavy (non-hydrogen) atoms. The van der Waals surface area contributed by atoms with Gasteiger partial charge in [0, 0.05) is 25.0 Å². The summed E-state index contributed by atoms with van der Waals surface area (Å²) in [5.41, 5.74) is 6.48. The van der Waals surface area contributed by atoms with Gasteiger partial charge in [0.15, 0.2) is 0 Å². The molecular formula is C13H17ClN4O. The lowest BCUT2D eigenvalue weighted by Crippen LogP contribution is -2.22. The van der Waals surface area contributed by atoms with Crippen LogP contribution in [0.25, 0.3) is 0 Å². The number of rotatable bonds is 5. The summed E-state index contributed by atoms with van der Waals surface area (Å²) < 4.78 is 5.55. The second kappa shape index (κ2) is 6.04. The average molecular weight is 281 g/mol. The van der Waals surface area contributed by atoms with Gasteiger partial charge < -0.3 is 15.1 Å². The molecule has 1 unspecified atom stereocenters. The Morgan fingerprint density at radius 1 is 1.37 bits per heavy atom. The van der Waals surface area contributed by atoms with Crippen molar-refractivity contribution < 1.29 is 4.42 Å². The number of anilines is 1. The van der Waals surface area contributed by atoms with Gasteiger partial charge in [-0.2, -0.15) is 0 Å². The SMILES string of the molecule is CC(c1ccccc1Cl)N(C)c1nnc(CCN)o1. The van der Waals surface area contributed by atoms with Crippen LogP contribution in [0.5, 0.6) is 0 Å². The number of hydrogen-bond donors (Lipinski definition) is 1. The lowest BCUT2D eigenvalue weighted by atomic mass is 10.1. The smallest absolute Gasteiger partial charge is 0.318 e. The van der Waals surface area contributed by atoms with Crippen LogP contribution < -0.4 is 10.6 Å². The summed E-state index contributed by atoms with van der Waals surface area (Å²) >= 11 is 6.20. The molecule has 6 heteroatoms. The summed E-state index contributed by atoms with van der Waals surface area (Å²) in [6, 6.07) is 8.23. The molecule has 0 saturated carbocycles. The van der Waals surface area contributed by atoms with E-state index in [1.807, 2.05) is 43.1 Å². The molecule has 0 saturated heterocycles. The van der Waals surface area contributed by atoms with Gasteiger partial charge in [0.25, 0.3) is 0 Å². The van der Waals surface area contributed by atoms with Gasteiger partial charge in [-0.3, -0.25) is 0 Å². The van der Waals surface area contributed by atoms with Crippen molar-refractivity contribution in [2.45, 2.75) is 19.4 Å². The molecule has 2 N–H and O–H groups in total. The third-order valence-corrected chi connectivity index (χ3v) is 3.40. The van der Waals surface area contributed by atoms with E-state index in [1.165, 1.54) is 0 Å². The largest absolute Gasteiger partial charge is 0.408 e. The van der Waals surface area contributed by atoms with Crippen molar-refractivity contribution in [3.05, 3.63) is 40.7 Å². The molecule has 0 bridgehead atoms. The highest BCUT2D eigenvalue weighted by atomic mass is 35.5. The molecule has 0 amide bonds. The minimum absolute atomic E-state index is 0.0416. The summed E-state index contributed by atoms with van der Waals surface area (Å²) in [5, 5.41) is 8.70. The summed E-state index contributed by atoms with van der Waals surface area (Å²) in [4.78, 5) is 1.90. The first-order valence-electron chi connectivity index (χ1n) is 6.13. The molecule has 1 aromatic heterocycles. The van der Waals surface area contributed by atoms with Crippen molar-refractivity contribution in [3.8, 4) is 0 Å². The number of nitrogens with two attached hydrogens (primary N) is 1. The number of halogens is 1. The minimum Gasteiger partial charge on any atom is -0.408 e. The predicted octanol–water partition coefficient (Wildman–Crippen LogP) is 2.42. The third-order valence-electron chi connectivity index (χ3n) is 3.05. The second-order valence-corrected chi connectivity index (χ2v) is 4.73. The first-order valence-corrected chi connectivity index (χ1v) is 6.51. The van der Waals surface area contributed by atoms with E-state index < -0.39 is 0 Å². The monoisotopic (exact) mass is 280 g/mol. The fraction of sp³-hybridized carbons (Fsp3) is 0.385. The summed E-state index contributed by atoms with van der Waals surface area (Å²) in [6.45, 7) is 2.53. The highest BCUT2D eigenvalue weighted by molar-refractivity contribution is 6.31. The summed E-state index contributed by atoms with van der Waals surface area (Å²) in [7, 11) is 1.90. The molecule has 0 aliphatic carbocycles. The fourth-order valence-corrected chi connectivity index (χ4v) is 2.09. The molecule has 1 heterocycles. The molecular weight excluding hydrogens is 264 g/mol. The Balaban J connectivity index is 2.18. The van der Waals surface area contributed by atoms with Crippen LogP contribution in [0.2, 0.25) is 5.02 Å². The number of aromatic nitrogens is 2. The second-order valence-electron chi connectivity index (χ2n) is 4.33. The van der Waals surface area contributed by atoms with E-state index >= 15 is 0 Å². The highest BCUT2D eigenvalue weighted by Gasteiger charge is 2.19. The lowest BCUT2D eigenvalue weighted by molar-refractivity contribution is 0.479. The molecule has 5 nitrogen and oxygen atoms in total. The topological polar surface area (TPSA) is 68.2 Å². The van der Waals surface area contributed by atoms with Crippen molar-refractivity contribution in [2.24, 2.45) is 5.73 Å². The van der Waals surface area contributed by atoms with Gasteiger partial charge in [-0.1, -0.05) is 34.9 Å². The maximum Gasteiger partial charge on any atom is 0.318 e. The van der Waals surface area contributed by atoms with Crippen LogP contribution in [-0.4, -0.2) is 23.8 Å². The van der Waals surface area contributed by atoms with Crippen LogP contribution in [0.4, 0.5) is 6.01 Å². The molecule has 0 aliphatic rings. The Bertz CT molecular complexity index is 543. The maximum absolute atomic E-state index is 6.20. The van der Waals surface area contributed by atoms with Crippen molar-refractivity contribution >= 4 is 17.6 Å². The van der Waals surface area contributed by atoms with Crippen LogP contribution >= 0.6 is 11.6 Å². The van der Waals surface area contributed by atoms with Gasteiger partial charge in [-0.25, -0.2) is 0 Å². The van der Waals surface area contributed by atoms with Gasteiger partial charge in [0.1, 0.15) is 0 Å². The Kier molecular flexibility index (Phi) is 4.39. The van der Waals surface area contributed by atoms with E-state index in [0.717, 1.165) is 10.6 Å². The first-order chi connectivity index (χ1) is 9.13. The molecule has 2 rings (SSSR count). The van der Waals surface area contributed by atoms with E-state index in [2.05, 4.69) is 10.2 Å². The maximum atomic E-state index is 6.20. The van der Waals surface area contributed by atoms with Crippen molar-refractivity contribution in [1.82, 2.24) is 10.2 Å². The third kappa shape index (κ3) is 3.05.